The minimum absolute atomic E-state index is 0.0451. The summed E-state index contributed by atoms with van der Waals surface area (Å²) in [6, 6.07) is 13.8. The third-order valence-corrected chi connectivity index (χ3v) is 5.73. The minimum atomic E-state index is -0.0451. The number of hydrogen-bond donors (Lipinski definition) is 1. The highest BCUT2D eigenvalue weighted by atomic mass is 16.5. The Morgan fingerprint density at radius 1 is 1.00 bits per heavy atom. The summed E-state index contributed by atoms with van der Waals surface area (Å²) in [5.41, 5.74) is 3.05. The second-order valence-corrected chi connectivity index (χ2v) is 7.90. The van der Waals surface area contributed by atoms with Crippen molar-refractivity contribution in [1.82, 2.24) is 4.90 Å². The average Bonchev–Trinajstić information content (AvgIpc) is 2.74. The zero-order valence-electron chi connectivity index (χ0n) is 17.7. The van der Waals surface area contributed by atoms with Crippen molar-refractivity contribution in [3.8, 4) is 11.5 Å². The van der Waals surface area contributed by atoms with Gasteiger partial charge in [0.1, 0.15) is 0 Å². The number of likely N-dealkylation sites (tertiary alicyclic amines) is 1. The van der Waals surface area contributed by atoms with Gasteiger partial charge in [0.15, 0.2) is 11.5 Å². The first-order valence-corrected chi connectivity index (χ1v) is 10.4. The molecule has 1 saturated heterocycles. The predicted molar refractivity (Wildman–Crippen MR) is 117 cm³/mol. The van der Waals surface area contributed by atoms with Gasteiger partial charge in [0.2, 0.25) is 5.91 Å². The molecule has 1 N–H and O–H groups in total. The molecule has 0 saturated carbocycles. The molecule has 1 fully saturated rings. The Kier molecular flexibility index (Phi) is 7.53. The molecule has 0 radical (unpaired) electrons. The van der Waals surface area contributed by atoms with Crippen LogP contribution in [0.4, 0.5) is 5.69 Å². The molecule has 0 bridgehead atoms. The summed E-state index contributed by atoms with van der Waals surface area (Å²) < 4.78 is 10.5. The van der Waals surface area contributed by atoms with Crippen LogP contribution in [-0.2, 0) is 17.6 Å². The van der Waals surface area contributed by atoms with Crippen LogP contribution in [0.25, 0.3) is 0 Å². The number of methoxy groups -OCH3 is 2. The quantitative estimate of drug-likeness (QED) is 0.728. The number of nitrogens with one attached hydrogen (secondary N) is 1. The fourth-order valence-electron chi connectivity index (χ4n) is 3.86. The second kappa shape index (κ2) is 10.3. The molecular weight excluding hydrogens is 364 g/mol. The van der Waals surface area contributed by atoms with E-state index in [1.54, 1.807) is 14.2 Å². The summed E-state index contributed by atoms with van der Waals surface area (Å²) in [6.45, 7) is 2.44. The molecule has 5 nitrogen and oxygen atoms in total. The summed E-state index contributed by atoms with van der Waals surface area (Å²) in [7, 11) is 5.39. The largest absolute Gasteiger partial charge is 0.493 e. The number of carbonyl (C=O) groups is 1. The Morgan fingerprint density at radius 3 is 2.31 bits per heavy atom. The summed E-state index contributed by atoms with van der Waals surface area (Å²) >= 11 is 0. The standard InChI is InChI=1S/C24H32N2O3/c1-26-14-12-19(13-15-26)5-4-18-6-9-21(10-7-18)25-24(27)17-20-8-11-22(28-2)23(16-20)29-3/h6-11,16,19H,4-5,12-15,17H2,1-3H3,(H,25,27). The maximum absolute atomic E-state index is 12.4. The number of rotatable bonds is 8. The van der Waals surface area contributed by atoms with Crippen LogP contribution in [0.5, 0.6) is 11.5 Å². The molecule has 2 aromatic carbocycles. The van der Waals surface area contributed by atoms with Crippen molar-refractivity contribution in [1.29, 1.82) is 0 Å². The Labute approximate surface area is 174 Å². The lowest BCUT2D eigenvalue weighted by atomic mass is 9.91. The highest BCUT2D eigenvalue weighted by molar-refractivity contribution is 5.92. The van der Waals surface area contributed by atoms with Gasteiger partial charge in [0.05, 0.1) is 20.6 Å². The lowest BCUT2D eigenvalue weighted by Gasteiger charge is -2.28. The monoisotopic (exact) mass is 396 g/mol. The van der Waals surface area contributed by atoms with Crippen LogP contribution in [0.2, 0.25) is 0 Å². The van der Waals surface area contributed by atoms with Crippen LogP contribution in [0.3, 0.4) is 0 Å². The summed E-state index contributed by atoms with van der Waals surface area (Å²) in [6.07, 6.45) is 5.26. The summed E-state index contributed by atoms with van der Waals surface area (Å²) in [5, 5.41) is 2.98. The highest BCUT2D eigenvalue weighted by Gasteiger charge is 2.16. The summed E-state index contributed by atoms with van der Waals surface area (Å²) in [4.78, 5) is 14.8. The molecule has 0 spiro atoms. The molecule has 0 unspecified atom stereocenters. The molecule has 29 heavy (non-hydrogen) atoms. The first-order chi connectivity index (χ1) is 14.1. The smallest absolute Gasteiger partial charge is 0.228 e. The number of carbonyl (C=O) groups excluding carboxylic acids is 1. The van der Waals surface area contributed by atoms with Gasteiger partial charge < -0.3 is 19.7 Å². The molecule has 2 aromatic rings. The maximum atomic E-state index is 12.4. The van der Waals surface area contributed by atoms with E-state index in [4.69, 9.17) is 9.47 Å². The Morgan fingerprint density at radius 2 is 1.66 bits per heavy atom. The fourth-order valence-corrected chi connectivity index (χ4v) is 3.86. The lowest BCUT2D eigenvalue weighted by molar-refractivity contribution is -0.115. The zero-order chi connectivity index (χ0) is 20.6. The molecule has 0 aromatic heterocycles. The van der Waals surface area contributed by atoms with Crippen molar-refractivity contribution in [2.24, 2.45) is 5.92 Å². The summed E-state index contributed by atoms with van der Waals surface area (Å²) in [5.74, 6) is 2.09. The number of anilines is 1. The van der Waals surface area contributed by atoms with Crippen LogP contribution >= 0.6 is 0 Å². The van der Waals surface area contributed by atoms with Gasteiger partial charge in [-0.05, 0) is 87.1 Å². The van der Waals surface area contributed by atoms with Crippen LogP contribution in [0.15, 0.2) is 42.5 Å². The molecule has 1 aliphatic rings. The average molecular weight is 397 g/mol. The van der Waals surface area contributed by atoms with Gasteiger partial charge in [-0.2, -0.15) is 0 Å². The van der Waals surface area contributed by atoms with E-state index in [2.05, 4.69) is 29.4 Å². The third kappa shape index (κ3) is 6.23. The molecule has 0 atom stereocenters. The van der Waals surface area contributed by atoms with Gasteiger partial charge in [-0.1, -0.05) is 18.2 Å². The maximum Gasteiger partial charge on any atom is 0.228 e. The first kappa shape index (κ1) is 21.2. The number of hydrogen-bond acceptors (Lipinski definition) is 4. The number of nitrogens with zero attached hydrogens (tertiary/aromatic N) is 1. The molecule has 156 valence electrons. The van der Waals surface area contributed by atoms with E-state index < -0.39 is 0 Å². The van der Waals surface area contributed by atoms with Gasteiger partial charge in [-0.25, -0.2) is 0 Å². The normalized spacial score (nSPS) is 15.1. The number of benzene rings is 2. The van der Waals surface area contributed by atoms with Crippen LogP contribution in [0, 0.1) is 5.92 Å². The number of amides is 1. The molecule has 0 aliphatic carbocycles. The van der Waals surface area contributed by atoms with Gasteiger partial charge in [0.25, 0.3) is 0 Å². The van der Waals surface area contributed by atoms with E-state index in [1.165, 1.54) is 37.9 Å². The molecule has 3 rings (SSSR count). The van der Waals surface area contributed by atoms with Gasteiger partial charge >= 0.3 is 0 Å². The predicted octanol–water partition coefficient (Wildman–Crippen LogP) is 4.16. The van der Waals surface area contributed by atoms with E-state index in [9.17, 15) is 4.79 Å². The van der Waals surface area contributed by atoms with Crippen LogP contribution in [-0.4, -0.2) is 45.2 Å². The van der Waals surface area contributed by atoms with Gasteiger partial charge in [-0.3, -0.25) is 4.79 Å². The molecule has 1 amide bonds. The fraction of sp³-hybridized carbons (Fsp3) is 0.458. The van der Waals surface area contributed by atoms with Crippen molar-refractivity contribution in [2.75, 3.05) is 39.7 Å². The second-order valence-electron chi connectivity index (χ2n) is 7.90. The van der Waals surface area contributed by atoms with E-state index in [-0.39, 0.29) is 12.3 Å². The van der Waals surface area contributed by atoms with Gasteiger partial charge in [-0.15, -0.1) is 0 Å². The Hall–Kier alpha value is -2.53. The zero-order valence-corrected chi connectivity index (χ0v) is 17.7. The molecule has 1 aliphatic heterocycles. The Bertz CT molecular complexity index is 796. The van der Waals surface area contributed by atoms with Crippen molar-refractivity contribution >= 4 is 11.6 Å². The number of ether oxygens (including phenoxy) is 2. The van der Waals surface area contributed by atoms with Gasteiger partial charge in [0, 0.05) is 5.69 Å². The minimum Gasteiger partial charge on any atom is -0.493 e. The van der Waals surface area contributed by atoms with Crippen LogP contribution < -0.4 is 14.8 Å². The van der Waals surface area contributed by atoms with Crippen molar-refractivity contribution in [2.45, 2.75) is 32.1 Å². The molecule has 1 heterocycles. The third-order valence-electron chi connectivity index (χ3n) is 5.73. The van der Waals surface area contributed by atoms with Crippen molar-refractivity contribution < 1.29 is 14.3 Å². The van der Waals surface area contributed by atoms with E-state index in [0.29, 0.717) is 11.5 Å². The van der Waals surface area contributed by atoms with Crippen LogP contribution in [0.1, 0.15) is 30.4 Å². The van der Waals surface area contributed by atoms with Crippen molar-refractivity contribution in [3.05, 3.63) is 53.6 Å². The Balaban J connectivity index is 1.48. The van der Waals surface area contributed by atoms with E-state index in [0.717, 1.165) is 23.6 Å². The SMILES string of the molecule is COc1ccc(CC(=O)Nc2ccc(CCC3CCN(C)CC3)cc2)cc1OC. The van der Waals surface area contributed by atoms with E-state index in [1.807, 2.05) is 30.3 Å². The number of piperidine rings is 1. The molecule has 5 heteroatoms. The number of aryl methyl sites for hydroxylation is 1. The highest BCUT2D eigenvalue weighted by Crippen LogP contribution is 2.28. The first-order valence-electron chi connectivity index (χ1n) is 10.4. The molecular formula is C24H32N2O3. The van der Waals surface area contributed by atoms with Crippen molar-refractivity contribution in [3.63, 3.8) is 0 Å². The van der Waals surface area contributed by atoms with E-state index >= 15 is 0 Å². The lowest BCUT2D eigenvalue weighted by Crippen LogP contribution is -2.30. The topological polar surface area (TPSA) is 50.8 Å².